The second-order valence-electron chi connectivity index (χ2n) is 2.98. The first-order chi connectivity index (χ1) is 5.25. The molecule has 0 spiro atoms. The molecule has 0 aliphatic rings. The first-order valence-corrected chi connectivity index (χ1v) is 5.90. The normalized spacial score (nSPS) is 16.3. The number of alkyl halides is 1. The summed E-state index contributed by atoms with van der Waals surface area (Å²) in [4.78, 5) is 0. The molecule has 0 saturated carbocycles. The number of halogens is 1. The van der Waals surface area contributed by atoms with Crippen LogP contribution in [0.15, 0.2) is 16.8 Å². The van der Waals surface area contributed by atoms with Gasteiger partial charge >= 0.3 is 0 Å². The maximum atomic E-state index is 3.50. The molecule has 0 aliphatic heterocycles. The summed E-state index contributed by atoms with van der Waals surface area (Å²) < 4.78 is 0. The third kappa shape index (κ3) is 2.31. The summed E-state index contributed by atoms with van der Waals surface area (Å²) in [5, 5.41) is 5.47. The molecule has 11 heavy (non-hydrogen) atoms. The van der Waals surface area contributed by atoms with Gasteiger partial charge in [-0.2, -0.15) is 11.3 Å². The van der Waals surface area contributed by atoms with Crippen LogP contribution in [0.4, 0.5) is 0 Å². The van der Waals surface area contributed by atoms with Crippen molar-refractivity contribution >= 4 is 27.3 Å². The minimum absolute atomic E-state index is 0.681. The molecule has 0 bridgehead atoms. The fraction of sp³-hybridized carbons (Fsp3) is 0.556. The average Bonchev–Trinajstić information content (AvgIpc) is 2.53. The Morgan fingerprint density at radius 3 is 2.73 bits per heavy atom. The molecule has 1 aromatic rings. The van der Waals surface area contributed by atoms with Gasteiger partial charge in [0.15, 0.2) is 0 Å². The molecule has 2 heteroatoms. The topological polar surface area (TPSA) is 0 Å². The molecular weight excluding hydrogens is 220 g/mol. The summed E-state index contributed by atoms with van der Waals surface area (Å²) in [6.07, 6.45) is 0. The van der Waals surface area contributed by atoms with Crippen LogP contribution in [0.2, 0.25) is 0 Å². The largest absolute Gasteiger partial charge is 0.152 e. The van der Waals surface area contributed by atoms with Crippen molar-refractivity contribution in [3.8, 4) is 0 Å². The van der Waals surface area contributed by atoms with Gasteiger partial charge in [-0.25, -0.2) is 0 Å². The molecule has 2 atom stereocenters. The number of hydrogen-bond acceptors (Lipinski definition) is 1. The van der Waals surface area contributed by atoms with Gasteiger partial charge in [-0.1, -0.05) is 29.8 Å². The molecule has 1 heterocycles. The molecule has 62 valence electrons. The molecule has 1 aromatic heterocycles. The van der Waals surface area contributed by atoms with Crippen molar-refractivity contribution in [2.45, 2.75) is 19.8 Å². The van der Waals surface area contributed by atoms with E-state index < -0.39 is 0 Å². The lowest BCUT2D eigenvalue weighted by Crippen LogP contribution is -2.05. The van der Waals surface area contributed by atoms with E-state index in [2.05, 4.69) is 46.6 Å². The minimum atomic E-state index is 0.681. The highest BCUT2D eigenvalue weighted by Gasteiger charge is 2.12. The maximum absolute atomic E-state index is 3.50. The van der Waals surface area contributed by atoms with Crippen LogP contribution in [-0.4, -0.2) is 5.33 Å². The zero-order valence-electron chi connectivity index (χ0n) is 6.88. The molecule has 0 N–H and O–H groups in total. The SMILES string of the molecule is CC(CBr)C(C)c1ccsc1. The Morgan fingerprint density at radius 1 is 1.55 bits per heavy atom. The van der Waals surface area contributed by atoms with Crippen LogP contribution in [0, 0.1) is 5.92 Å². The third-order valence-electron chi connectivity index (χ3n) is 2.17. The second-order valence-corrected chi connectivity index (χ2v) is 4.40. The van der Waals surface area contributed by atoms with E-state index in [0.717, 1.165) is 11.2 Å². The fourth-order valence-corrected chi connectivity index (χ4v) is 2.32. The first-order valence-electron chi connectivity index (χ1n) is 3.83. The van der Waals surface area contributed by atoms with E-state index in [9.17, 15) is 0 Å². The predicted octanol–water partition coefficient (Wildman–Crippen LogP) is 3.88. The van der Waals surface area contributed by atoms with Crippen molar-refractivity contribution in [3.05, 3.63) is 22.4 Å². The molecule has 0 aromatic carbocycles. The van der Waals surface area contributed by atoms with Gasteiger partial charge in [-0.05, 0) is 34.2 Å². The van der Waals surface area contributed by atoms with E-state index in [1.165, 1.54) is 5.56 Å². The molecule has 0 radical (unpaired) electrons. The van der Waals surface area contributed by atoms with Crippen LogP contribution in [0.3, 0.4) is 0 Å². The summed E-state index contributed by atoms with van der Waals surface area (Å²) in [6.45, 7) is 4.56. The lowest BCUT2D eigenvalue weighted by atomic mass is 9.92. The third-order valence-corrected chi connectivity index (χ3v) is 3.89. The Morgan fingerprint density at radius 2 is 2.27 bits per heavy atom. The Balaban J connectivity index is 2.62. The van der Waals surface area contributed by atoms with Gasteiger partial charge < -0.3 is 0 Å². The van der Waals surface area contributed by atoms with Crippen molar-refractivity contribution in [1.29, 1.82) is 0 Å². The Bertz CT molecular complexity index is 193. The van der Waals surface area contributed by atoms with Crippen LogP contribution in [0.25, 0.3) is 0 Å². The van der Waals surface area contributed by atoms with Gasteiger partial charge in [0.05, 0.1) is 0 Å². The van der Waals surface area contributed by atoms with Crippen molar-refractivity contribution in [1.82, 2.24) is 0 Å². The zero-order valence-corrected chi connectivity index (χ0v) is 9.28. The summed E-state index contributed by atoms with van der Waals surface area (Å²) in [6, 6.07) is 2.22. The van der Waals surface area contributed by atoms with Crippen molar-refractivity contribution in [2.75, 3.05) is 5.33 Å². The smallest absolute Gasteiger partial charge is 0.00627 e. The molecular formula is C9H13BrS. The molecule has 0 saturated heterocycles. The van der Waals surface area contributed by atoms with Gasteiger partial charge in [0.2, 0.25) is 0 Å². The van der Waals surface area contributed by atoms with E-state index in [-0.39, 0.29) is 0 Å². The monoisotopic (exact) mass is 232 g/mol. The second kappa shape index (κ2) is 4.27. The van der Waals surface area contributed by atoms with Gasteiger partial charge in [-0.15, -0.1) is 0 Å². The summed E-state index contributed by atoms with van der Waals surface area (Å²) in [5.74, 6) is 1.41. The summed E-state index contributed by atoms with van der Waals surface area (Å²) in [7, 11) is 0. The molecule has 1 rings (SSSR count). The lowest BCUT2D eigenvalue weighted by Gasteiger charge is -2.15. The zero-order chi connectivity index (χ0) is 8.27. The Labute approximate surface area is 80.8 Å². The van der Waals surface area contributed by atoms with Crippen LogP contribution >= 0.6 is 27.3 Å². The van der Waals surface area contributed by atoms with Crippen LogP contribution in [-0.2, 0) is 0 Å². The lowest BCUT2D eigenvalue weighted by molar-refractivity contribution is 0.548. The summed E-state index contributed by atoms with van der Waals surface area (Å²) in [5.41, 5.74) is 1.47. The molecule has 0 fully saturated rings. The van der Waals surface area contributed by atoms with Crippen LogP contribution in [0.1, 0.15) is 25.3 Å². The minimum Gasteiger partial charge on any atom is -0.152 e. The molecule has 0 amide bonds. The van der Waals surface area contributed by atoms with Crippen LogP contribution < -0.4 is 0 Å². The highest BCUT2D eigenvalue weighted by Crippen LogP contribution is 2.26. The Kier molecular flexibility index (Phi) is 3.60. The maximum Gasteiger partial charge on any atom is 0.00627 e. The number of hydrogen-bond donors (Lipinski definition) is 0. The highest BCUT2D eigenvalue weighted by molar-refractivity contribution is 9.09. The quantitative estimate of drug-likeness (QED) is 0.695. The molecule has 2 unspecified atom stereocenters. The van der Waals surface area contributed by atoms with Gasteiger partial charge in [0.25, 0.3) is 0 Å². The van der Waals surface area contributed by atoms with Crippen LogP contribution in [0.5, 0.6) is 0 Å². The molecule has 0 aliphatic carbocycles. The number of rotatable bonds is 3. The number of thiophene rings is 1. The van der Waals surface area contributed by atoms with E-state index in [1.54, 1.807) is 11.3 Å². The van der Waals surface area contributed by atoms with Gasteiger partial charge in [0, 0.05) is 5.33 Å². The van der Waals surface area contributed by atoms with E-state index in [4.69, 9.17) is 0 Å². The average molecular weight is 233 g/mol. The predicted molar refractivity (Wildman–Crippen MR) is 55.7 cm³/mol. The molecule has 0 nitrogen and oxygen atoms in total. The summed E-state index contributed by atoms with van der Waals surface area (Å²) >= 11 is 5.28. The van der Waals surface area contributed by atoms with Crippen molar-refractivity contribution < 1.29 is 0 Å². The highest BCUT2D eigenvalue weighted by atomic mass is 79.9. The fourth-order valence-electron chi connectivity index (χ4n) is 0.996. The van der Waals surface area contributed by atoms with Gasteiger partial charge in [0.1, 0.15) is 0 Å². The van der Waals surface area contributed by atoms with Crippen molar-refractivity contribution in [3.63, 3.8) is 0 Å². The van der Waals surface area contributed by atoms with Crippen molar-refractivity contribution in [2.24, 2.45) is 5.92 Å². The Hall–Kier alpha value is 0.180. The van der Waals surface area contributed by atoms with E-state index in [1.807, 2.05) is 0 Å². The first kappa shape index (κ1) is 9.27. The standard InChI is InChI=1S/C9H13BrS/c1-7(5-10)8(2)9-3-4-11-6-9/h3-4,6-8H,5H2,1-2H3. The van der Waals surface area contributed by atoms with Gasteiger partial charge in [-0.3, -0.25) is 0 Å². The van der Waals surface area contributed by atoms with E-state index in [0.29, 0.717) is 5.92 Å². The van der Waals surface area contributed by atoms with E-state index >= 15 is 0 Å².